The lowest BCUT2D eigenvalue weighted by Gasteiger charge is -2.32. The molecule has 0 aromatic heterocycles. The highest BCUT2D eigenvalue weighted by molar-refractivity contribution is 5.26. The Morgan fingerprint density at radius 1 is 1.56 bits per heavy atom. The zero-order chi connectivity index (χ0) is 12.6. The van der Waals surface area contributed by atoms with E-state index < -0.39 is 0 Å². The van der Waals surface area contributed by atoms with Crippen molar-refractivity contribution in [1.82, 2.24) is 0 Å². The number of hydrogen-bond acceptors (Lipinski definition) is 1. The van der Waals surface area contributed by atoms with Crippen molar-refractivity contribution in [3.8, 4) is 0 Å². The highest BCUT2D eigenvalue weighted by atomic mass is 16.3. The third-order valence-corrected chi connectivity index (χ3v) is 4.12. The van der Waals surface area contributed by atoms with Crippen molar-refractivity contribution in [3.63, 3.8) is 0 Å². The molecule has 0 saturated carbocycles. The molecule has 16 heavy (non-hydrogen) atoms. The highest BCUT2D eigenvalue weighted by Crippen LogP contribution is 2.47. The fraction of sp³-hybridized carbons (Fsp3) is 0.733. The summed E-state index contributed by atoms with van der Waals surface area (Å²) in [4.78, 5) is 0. The molecule has 1 unspecified atom stereocenters. The van der Waals surface area contributed by atoms with Crippen LogP contribution in [0.2, 0.25) is 0 Å². The summed E-state index contributed by atoms with van der Waals surface area (Å²) in [5.74, 6) is 0.596. The highest BCUT2D eigenvalue weighted by Gasteiger charge is 2.36. The molecule has 0 aliphatic heterocycles. The van der Waals surface area contributed by atoms with Crippen LogP contribution in [0.3, 0.4) is 0 Å². The van der Waals surface area contributed by atoms with Crippen molar-refractivity contribution in [2.45, 2.75) is 48.0 Å². The van der Waals surface area contributed by atoms with Gasteiger partial charge in [-0.2, -0.15) is 0 Å². The zero-order valence-electron chi connectivity index (χ0n) is 11.6. The predicted molar refractivity (Wildman–Crippen MR) is 70.3 cm³/mol. The third-order valence-electron chi connectivity index (χ3n) is 4.12. The number of aliphatic hydroxyl groups is 1. The summed E-state index contributed by atoms with van der Waals surface area (Å²) in [7, 11) is 0. The lowest BCUT2D eigenvalue weighted by molar-refractivity contribution is 0.197. The van der Waals surface area contributed by atoms with Crippen LogP contribution < -0.4 is 0 Å². The Bertz CT molecular complexity index is 318. The Labute approximate surface area is 100 Å². The molecule has 0 spiro atoms. The lowest BCUT2D eigenvalue weighted by atomic mass is 9.73. The number of allylic oxidation sites excluding steroid dienone is 3. The molecule has 92 valence electrons. The molecule has 1 rings (SSSR count). The van der Waals surface area contributed by atoms with Gasteiger partial charge in [-0.25, -0.2) is 0 Å². The van der Waals surface area contributed by atoms with Crippen molar-refractivity contribution in [2.75, 3.05) is 6.61 Å². The number of hydrogen-bond donors (Lipinski definition) is 1. The third kappa shape index (κ3) is 2.57. The maximum atomic E-state index is 9.31. The van der Waals surface area contributed by atoms with E-state index in [-0.39, 0.29) is 17.4 Å². The molecule has 1 nitrogen and oxygen atoms in total. The van der Waals surface area contributed by atoms with E-state index in [1.165, 1.54) is 11.1 Å². The Morgan fingerprint density at radius 2 is 2.12 bits per heavy atom. The van der Waals surface area contributed by atoms with Crippen LogP contribution in [-0.4, -0.2) is 11.7 Å². The van der Waals surface area contributed by atoms with Crippen molar-refractivity contribution in [2.24, 2.45) is 16.7 Å². The van der Waals surface area contributed by atoms with Crippen LogP contribution in [0.4, 0.5) is 0 Å². The summed E-state index contributed by atoms with van der Waals surface area (Å²) >= 11 is 0. The van der Waals surface area contributed by atoms with Gasteiger partial charge in [-0.15, -0.1) is 0 Å². The average Bonchev–Trinajstić information content (AvgIpc) is 2.41. The Morgan fingerprint density at radius 3 is 2.50 bits per heavy atom. The number of aliphatic hydroxyl groups excluding tert-OH is 1. The van der Waals surface area contributed by atoms with Crippen LogP contribution in [0.15, 0.2) is 23.3 Å². The summed E-state index contributed by atoms with van der Waals surface area (Å²) in [5, 5.41) is 9.31. The van der Waals surface area contributed by atoms with E-state index in [1.807, 2.05) is 0 Å². The standard InChI is InChI=1S/C15H26O/c1-11(9-14(3,4)10-16)13-8-7-12(2)15(13,5)6/h7,9,13,16H,8,10H2,1-6H3/b11-9+. The Kier molecular flexibility index (Phi) is 3.69. The molecule has 0 aromatic carbocycles. The van der Waals surface area contributed by atoms with E-state index in [0.29, 0.717) is 5.92 Å². The van der Waals surface area contributed by atoms with E-state index in [0.717, 1.165) is 6.42 Å². The van der Waals surface area contributed by atoms with Crippen LogP contribution >= 0.6 is 0 Å². The summed E-state index contributed by atoms with van der Waals surface area (Å²) in [6.07, 6.45) is 5.74. The molecule has 1 aliphatic carbocycles. The molecule has 0 fully saturated rings. The van der Waals surface area contributed by atoms with Gasteiger partial charge in [-0.05, 0) is 31.6 Å². The SMILES string of the molecule is CC1=CCC(/C(C)=C/C(C)(C)CO)C1(C)C. The zero-order valence-corrected chi connectivity index (χ0v) is 11.6. The second-order valence-electron chi connectivity index (χ2n) is 6.43. The first-order chi connectivity index (χ1) is 7.20. The van der Waals surface area contributed by atoms with Crippen LogP contribution in [0, 0.1) is 16.7 Å². The smallest absolute Gasteiger partial charge is 0.0516 e. The number of rotatable bonds is 3. The quantitative estimate of drug-likeness (QED) is 0.717. The van der Waals surface area contributed by atoms with Crippen LogP contribution in [-0.2, 0) is 0 Å². The van der Waals surface area contributed by atoms with Gasteiger partial charge in [0.05, 0.1) is 6.61 Å². The molecule has 1 atom stereocenters. The molecular weight excluding hydrogens is 196 g/mol. The average molecular weight is 222 g/mol. The maximum Gasteiger partial charge on any atom is 0.0516 e. The Hall–Kier alpha value is -0.560. The van der Waals surface area contributed by atoms with E-state index in [2.05, 4.69) is 53.7 Å². The minimum atomic E-state index is -0.101. The molecule has 1 aliphatic rings. The van der Waals surface area contributed by atoms with E-state index >= 15 is 0 Å². The summed E-state index contributed by atoms with van der Waals surface area (Å²) in [5.41, 5.74) is 3.08. The van der Waals surface area contributed by atoms with E-state index in [9.17, 15) is 5.11 Å². The lowest BCUT2D eigenvalue weighted by Crippen LogP contribution is -2.23. The van der Waals surface area contributed by atoms with Gasteiger partial charge in [0.1, 0.15) is 0 Å². The molecule has 0 bridgehead atoms. The van der Waals surface area contributed by atoms with Gasteiger partial charge < -0.3 is 5.11 Å². The van der Waals surface area contributed by atoms with E-state index in [4.69, 9.17) is 0 Å². The summed E-state index contributed by atoms with van der Waals surface area (Å²) in [6, 6.07) is 0. The second kappa shape index (κ2) is 4.37. The molecule has 0 heterocycles. The fourth-order valence-corrected chi connectivity index (χ4v) is 2.64. The van der Waals surface area contributed by atoms with E-state index in [1.54, 1.807) is 0 Å². The molecule has 0 saturated heterocycles. The van der Waals surface area contributed by atoms with Crippen LogP contribution in [0.5, 0.6) is 0 Å². The van der Waals surface area contributed by atoms with Crippen molar-refractivity contribution in [1.29, 1.82) is 0 Å². The topological polar surface area (TPSA) is 20.2 Å². The molecule has 1 heteroatoms. The summed E-state index contributed by atoms with van der Waals surface area (Å²) < 4.78 is 0. The second-order valence-corrected chi connectivity index (χ2v) is 6.43. The molecule has 1 N–H and O–H groups in total. The van der Waals surface area contributed by atoms with Crippen molar-refractivity contribution >= 4 is 0 Å². The summed E-state index contributed by atoms with van der Waals surface area (Å²) in [6.45, 7) is 13.4. The maximum absolute atomic E-state index is 9.31. The minimum Gasteiger partial charge on any atom is -0.395 e. The first-order valence-electron chi connectivity index (χ1n) is 6.18. The van der Waals surface area contributed by atoms with Gasteiger partial charge in [0.25, 0.3) is 0 Å². The molecule has 0 aromatic rings. The van der Waals surface area contributed by atoms with Crippen LogP contribution in [0.25, 0.3) is 0 Å². The van der Waals surface area contributed by atoms with Gasteiger partial charge in [0.2, 0.25) is 0 Å². The van der Waals surface area contributed by atoms with Crippen molar-refractivity contribution in [3.05, 3.63) is 23.3 Å². The van der Waals surface area contributed by atoms with Crippen LogP contribution in [0.1, 0.15) is 48.0 Å². The molecule has 0 radical (unpaired) electrons. The van der Waals surface area contributed by atoms with Gasteiger partial charge in [-0.3, -0.25) is 0 Å². The Balaban J connectivity index is 2.90. The first-order valence-corrected chi connectivity index (χ1v) is 6.18. The van der Waals surface area contributed by atoms with Crippen molar-refractivity contribution < 1.29 is 5.11 Å². The monoisotopic (exact) mass is 222 g/mol. The van der Waals surface area contributed by atoms with Gasteiger partial charge in [0.15, 0.2) is 0 Å². The van der Waals surface area contributed by atoms with Gasteiger partial charge in [-0.1, -0.05) is 51.0 Å². The normalized spacial score (nSPS) is 25.8. The first kappa shape index (κ1) is 13.5. The predicted octanol–water partition coefficient (Wildman–Crippen LogP) is 3.94. The van der Waals surface area contributed by atoms with Gasteiger partial charge >= 0.3 is 0 Å². The van der Waals surface area contributed by atoms with Gasteiger partial charge in [0, 0.05) is 5.41 Å². The largest absolute Gasteiger partial charge is 0.395 e. The fourth-order valence-electron chi connectivity index (χ4n) is 2.64. The minimum absolute atomic E-state index is 0.101. The molecular formula is C15H26O. The molecule has 0 amide bonds.